The maximum absolute atomic E-state index is 10.8. The number of benzene rings is 1. The van der Waals surface area contributed by atoms with Gasteiger partial charge in [-0.2, -0.15) is 0 Å². The average Bonchev–Trinajstić information content (AvgIpc) is 2.83. The first-order chi connectivity index (χ1) is 9.08. The van der Waals surface area contributed by atoms with E-state index in [-0.39, 0.29) is 0 Å². The first kappa shape index (κ1) is 14.1. The van der Waals surface area contributed by atoms with Crippen LogP contribution in [0.1, 0.15) is 49.0 Å². The molecule has 1 aromatic rings. The van der Waals surface area contributed by atoms with Gasteiger partial charge in [0.05, 0.1) is 5.56 Å². The van der Waals surface area contributed by atoms with Crippen molar-refractivity contribution in [2.75, 3.05) is 13.1 Å². The number of carbonyl (C=O) groups is 1. The molecule has 1 aliphatic rings. The Kier molecular flexibility index (Phi) is 4.25. The number of rotatable bonds is 5. The quantitative estimate of drug-likeness (QED) is 0.883. The first-order valence-corrected chi connectivity index (χ1v) is 7.13. The van der Waals surface area contributed by atoms with E-state index in [9.17, 15) is 4.79 Å². The Hall–Kier alpha value is -1.35. The van der Waals surface area contributed by atoms with Gasteiger partial charge < -0.3 is 5.11 Å². The zero-order chi connectivity index (χ0) is 13.9. The molecular weight excluding hydrogens is 238 g/mol. The number of carboxylic acid groups (broad SMARTS) is 1. The summed E-state index contributed by atoms with van der Waals surface area (Å²) in [6.07, 6.45) is 3.78. The summed E-state index contributed by atoms with van der Waals surface area (Å²) in [4.78, 5) is 13.3. The molecule has 1 saturated heterocycles. The standard InChI is InChI=1S/C16H23NO2/c1-3-16(4-2)9-10-17(12-16)11-13-5-7-14(8-6-13)15(18)19/h5-8H,3-4,9-12H2,1-2H3,(H,18,19). The molecule has 0 spiro atoms. The summed E-state index contributed by atoms with van der Waals surface area (Å²) in [7, 11) is 0. The summed E-state index contributed by atoms with van der Waals surface area (Å²) < 4.78 is 0. The van der Waals surface area contributed by atoms with Crippen LogP contribution in [-0.4, -0.2) is 29.1 Å². The number of aromatic carboxylic acids is 1. The van der Waals surface area contributed by atoms with Gasteiger partial charge in [-0.05, 0) is 48.9 Å². The maximum Gasteiger partial charge on any atom is 0.335 e. The second kappa shape index (κ2) is 5.74. The Morgan fingerprint density at radius 2 is 1.89 bits per heavy atom. The van der Waals surface area contributed by atoms with Gasteiger partial charge in [-0.1, -0.05) is 26.0 Å². The normalized spacial score (nSPS) is 18.6. The molecule has 0 amide bonds. The molecular formula is C16H23NO2. The lowest BCUT2D eigenvalue weighted by Gasteiger charge is -2.26. The predicted molar refractivity (Wildman–Crippen MR) is 76.3 cm³/mol. The molecule has 1 heterocycles. The second-order valence-electron chi connectivity index (χ2n) is 5.67. The van der Waals surface area contributed by atoms with Crippen molar-refractivity contribution in [1.82, 2.24) is 4.90 Å². The molecule has 0 atom stereocenters. The number of nitrogens with zero attached hydrogens (tertiary/aromatic N) is 1. The molecule has 0 saturated carbocycles. The Labute approximate surface area is 115 Å². The van der Waals surface area contributed by atoms with Gasteiger partial charge in [-0.15, -0.1) is 0 Å². The molecule has 0 radical (unpaired) electrons. The van der Waals surface area contributed by atoms with E-state index < -0.39 is 5.97 Å². The summed E-state index contributed by atoms with van der Waals surface area (Å²) in [6.45, 7) is 7.83. The van der Waals surface area contributed by atoms with E-state index in [1.54, 1.807) is 12.1 Å². The molecule has 1 fully saturated rings. The minimum atomic E-state index is -0.858. The molecule has 1 N–H and O–H groups in total. The van der Waals surface area contributed by atoms with Gasteiger partial charge in [0.15, 0.2) is 0 Å². The summed E-state index contributed by atoms with van der Waals surface area (Å²) in [5.74, 6) is -0.858. The van der Waals surface area contributed by atoms with E-state index in [4.69, 9.17) is 5.11 Å². The average molecular weight is 261 g/mol. The fourth-order valence-electron chi connectivity index (χ4n) is 3.00. The van der Waals surface area contributed by atoms with E-state index in [2.05, 4.69) is 18.7 Å². The van der Waals surface area contributed by atoms with Crippen LogP contribution < -0.4 is 0 Å². The minimum absolute atomic E-state index is 0.363. The van der Waals surface area contributed by atoms with Gasteiger partial charge in [0.25, 0.3) is 0 Å². The SMILES string of the molecule is CCC1(CC)CCN(Cc2ccc(C(=O)O)cc2)C1. The Morgan fingerprint density at radius 3 is 2.37 bits per heavy atom. The van der Waals surface area contributed by atoms with Gasteiger partial charge in [0.1, 0.15) is 0 Å². The maximum atomic E-state index is 10.8. The van der Waals surface area contributed by atoms with Crippen molar-refractivity contribution >= 4 is 5.97 Å². The molecule has 0 aromatic heterocycles. The summed E-state index contributed by atoms with van der Waals surface area (Å²) in [5, 5.41) is 8.88. The number of hydrogen-bond donors (Lipinski definition) is 1. The number of hydrogen-bond acceptors (Lipinski definition) is 2. The zero-order valence-corrected chi connectivity index (χ0v) is 11.9. The Morgan fingerprint density at radius 1 is 1.26 bits per heavy atom. The largest absolute Gasteiger partial charge is 0.478 e. The highest BCUT2D eigenvalue weighted by Gasteiger charge is 2.34. The number of likely N-dealkylation sites (tertiary alicyclic amines) is 1. The highest BCUT2D eigenvalue weighted by molar-refractivity contribution is 5.87. The summed E-state index contributed by atoms with van der Waals surface area (Å²) in [6, 6.07) is 7.25. The van der Waals surface area contributed by atoms with Crippen LogP contribution in [0.2, 0.25) is 0 Å². The van der Waals surface area contributed by atoms with Crippen LogP contribution in [0.4, 0.5) is 0 Å². The Balaban J connectivity index is 1.97. The molecule has 1 aromatic carbocycles. The van der Waals surface area contributed by atoms with Crippen LogP contribution in [0.3, 0.4) is 0 Å². The predicted octanol–water partition coefficient (Wildman–Crippen LogP) is 3.40. The van der Waals surface area contributed by atoms with Crippen LogP contribution in [0.5, 0.6) is 0 Å². The third-order valence-electron chi connectivity index (χ3n) is 4.62. The molecule has 19 heavy (non-hydrogen) atoms. The van der Waals surface area contributed by atoms with Crippen molar-refractivity contribution in [1.29, 1.82) is 0 Å². The van der Waals surface area contributed by atoms with Gasteiger partial charge in [-0.3, -0.25) is 4.90 Å². The van der Waals surface area contributed by atoms with E-state index in [1.807, 2.05) is 12.1 Å². The third kappa shape index (κ3) is 3.16. The van der Waals surface area contributed by atoms with Crippen molar-refractivity contribution in [2.24, 2.45) is 5.41 Å². The van der Waals surface area contributed by atoms with Gasteiger partial charge >= 0.3 is 5.97 Å². The number of carboxylic acids is 1. The van der Waals surface area contributed by atoms with Crippen LogP contribution >= 0.6 is 0 Å². The monoisotopic (exact) mass is 261 g/mol. The first-order valence-electron chi connectivity index (χ1n) is 7.13. The zero-order valence-electron chi connectivity index (χ0n) is 11.9. The van der Waals surface area contributed by atoms with E-state index in [0.717, 1.165) is 13.1 Å². The van der Waals surface area contributed by atoms with Crippen molar-refractivity contribution in [3.63, 3.8) is 0 Å². The molecule has 104 valence electrons. The summed E-state index contributed by atoms with van der Waals surface area (Å²) >= 11 is 0. The van der Waals surface area contributed by atoms with Crippen molar-refractivity contribution in [3.05, 3.63) is 35.4 Å². The smallest absolute Gasteiger partial charge is 0.335 e. The second-order valence-corrected chi connectivity index (χ2v) is 5.67. The molecule has 0 aliphatic carbocycles. The van der Waals surface area contributed by atoms with Crippen LogP contribution in [0, 0.1) is 5.41 Å². The third-order valence-corrected chi connectivity index (χ3v) is 4.62. The van der Waals surface area contributed by atoms with Crippen LogP contribution in [-0.2, 0) is 6.54 Å². The molecule has 0 unspecified atom stereocenters. The van der Waals surface area contributed by atoms with Gasteiger partial charge in [0.2, 0.25) is 0 Å². The molecule has 2 rings (SSSR count). The fraction of sp³-hybridized carbons (Fsp3) is 0.562. The van der Waals surface area contributed by atoms with Crippen molar-refractivity contribution < 1.29 is 9.90 Å². The van der Waals surface area contributed by atoms with Gasteiger partial charge in [-0.25, -0.2) is 4.79 Å². The van der Waals surface area contributed by atoms with E-state index in [0.29, 0.717) is 11.0 Å². The highest BCUT2D eigenvalue weighted by atomic mass is 16.4. The lowest BCUT2D eigenvalue weighted by Crippen LogP contribution is -2.26. The van der Waals surface area contributed by atoms with E-state index in [1.165, 1.54) is 31.4 Å². The van der Waals surface area contributed by atoms with E-state index >= 15 is 0 Å². The Bertz CT molecular complexity index is 435. The topological polar surface area (TPSA) is 40.5 Å². The molecule has 0 bridgehead atoms. The lowest BCUT2D eigenvalue weighted by atomic mass is 9.82. The highest BCUT2D eigenvalue weighted by Crippen LogP contribution is 2.37. The minimum Gasteiger partial charge on any atom is -0.478 e. The molecule has 1 aliphatic heterocycles. The fourth-order valence-corrected chi connectivity index (χ4v) is 3.00. The van der Waals surface area contributed by atoms with Gasteiger partial charge in [0, 0.05) is 13.1 Å². The molecule has 3 heteroatoms. The van der Waals surface area contributed by atoms with Crippen LogP contribution in [0.15, 0.2) is 24.3 Å². The molecule has 3 nitrogen and oxygen atoms in total. The van der Waals surface area contributed by atoms with Crippen molar-refractivity contribution in [2.45, 2.75) is 39.7 Å². The lowest BCUT2D eigenvalue weighted by molar-refractivity contribution is 0.0697. The van der Waals surface area contributed by atoms with Crippen molar-refractivity contribution in [3.8, 4) is 0 Å². The summed E-state index contributed by atoms with van der Waals surface area (Å²) in [5.41, 5.74) is 2.07. The van der Waals surface area contributed by atoms with Crippen LogP contribution in [0.25, 0.3) is 0 Å².